The summed E-state index contributed by atoms with van der Waals surface area (Å²) >= 11 is 3.47. The van der Waals surface area contributed by atoms with Crippen LogP contribution in [0.25, 0.3) is 0 Å². The molecule has 0 N–H and O–H groups in total. The Morgan fingerprint density at radius 3 is 2.10 bits per heavy atom. The maximum Gasteiger partial charge on any atom is 0.238 e. The number of para-hydroxylation sites is 1. The van der Waals surface area contributed by atoms with Crippen LogP contribution in [-0.2, 0) is 9.59 Å². The second-order valence-electron chi connectivity index (χ2n) is 6.62. The molecule has 1 aromatic rings. The number of anilines is 1. The number of allylic oxidation sites excluding steroid dienone is 2. The van der Waals surface area contributed by atoms with Gasteiger partial charge in [-0.25, -0.2) is 4.90 Å². The SMILES string of the molecule is O=C1[C@@H]2[C@@H]3C=C[C@@H]([C@@H]4C[C@H]34)[C@@H]2C(=O)N1c1ccccc1Br. The predicted octanol–water partition coefficient (Wildman–Crippen LogP) is 3.01. The quantitative estimate of drug-likeness (QED) is 0.580. The molecule has 2 amide bonds. The van der Waals surface area contributed by atoms with Gasteiger partial charge in [-0.15, -0.1) is 0 Å². The van der Waals surface area contributed by atoms with E-state index in [4.69, 9.17) is 0 Å². The molecule has 0 radical (unpaired) electrons. The summed E-state index contributed by atoms with van der Waals surface area (Å²) < 4.78 is 0.802. The van der Waals surface area contributed by atoms with Crippen LogP contribution in [0.5, 0.6) is 0 Å². The van der Waals surface area contributed by atoms with Crippen molar-refractivity contribution in [3.63, 3.8) is 0 Å². The highest BCUT2D eigenvalue weighted by Gasteiger charge is 2.67. The molecule has 4 aliphatic carbocycles. The van der Waals surface area contributed by atoms with Crippen molar-refractivity contribution in [1.82, 2.24) is 0 Å². The number of nitrogens with zero attached hydrogens (tertiary/aromatic N) is 1. The molecule has 21 heavy (non-hydrogen) atoms. The monoisotopic (exact) mass is 343 g/mol. The van der Waals surface area contributed by atoms with Crippen molar-refractivity contribution >= 4 is 33.4 Å². The molecule has 4 heteroatoms. The fourth-order valence-electron chi connectivity index (χ4n) is 4.83. The number of carbonyl (C=O) groups excluding carboxylic acids is 2. The summed E-state index contributed by atoms with van der Waals surface area (Å²) in [5.41, 5.74) is 0.690. The molecule has 3 fully saturated rings. The summed E-state index contributed by atoms with van der Waals surface area (Å²) in [5.74, 6) is 1.63. The minimum Gasteiger partial charge on any atom is -0.274 e. The van der Waals surface area contributed by atoms with E-state index in [1.54, 1.807) is 0 Å². The van der Waals surface area contributed by atoms with Crippen LogP contribution in [0.3, 0.4) is 0 Å². The molecule has 1 aromatic carbocycles. The fourth-order valence-corrected chi connectivity index (χ4v) is 5.29. The zero-order valence-electron chi connectivity index (χ0n) is 11.3. The van der Waals surface area contributed by atoms with Gasteiger partial charge in [0.05, 0.1) is 17.5 Å². The smallest absolute Gasteiger partial charge is 0.238 e. The van der Waals surface area contributed by atoms with E-state index in [1.807, 2.05) is 24.3 Å². The average Bonchev–Trinajstić information content (AvgIpc) is 3.26. The first-order chi connectivity index (χ1) is 10.2. The van der Waals surface area contributed by atoms with Gasteiger partial charge in [0.25, 0.3) is 0 Å². The van der Waals surface area contributed by atoms with E-state index < -0.39 is 0 Å². The number of hydrogen-bond donors (Lipinski definition) is 0. The zero-order valence-corrected chi connectivity index (χ0v) is 12.9. The van der Waals surface area contributed by atoms with Crippen molar-refractivity contribution in [3.05, 3.63) is 40.9 Å². The largest absolute Gasteiger partial charge is 0.274 e. The normalized spacial score (nSPS) is 42.2. The van der Waals surface area contributed by atoms with Gasteiger partial charge in [-0.1, -0.05) is 24.3 Å². The Kier molecular flexibility index (Phi) is 2.23. The predicted molar refractivity (Wildman–Crippen MR) is 81.3 cm³/mol. The number of imide groups is 1. The Labute approximate surface area is 131 Å². The summed E-state index contributed by atoms with van der Waals surface area (Å²) in [6.45, 7) is 0. The third kappa shape index (κ3) is 1.39. The van der Waals surface area contributed by atoms with Crippen LogP contribution in [0.1, 0.15) is 6.42 Å². The Morgan fingerprint density at radius 1 is 0.952 bits per heavy atom. The van der Waals surface area contributed by atoms with E-state index in [2.05, 4.69) is 28.1 Å². The summed E-state index contributed by atoms with van der Waals surface area (Å²) in [4.78, 5) is 27.2. The van der Waals surface area contributed by atoms with E-state index in [1.165, 1.54) is 11.3 Å². The van der Waals surface area contributed by atoms with Gasteiger partial charge in [0, 0.05) is 4.47 Å². The molecule has 1 saturated heterocycles. The molecule has 6 atom stereocenters. The summed E-state index contributed by atoms with van der Waals surface area (Å²) in [7, 11) is 0. The number of carbonyl (C=O) groups is 2. The van der Waals surface area contributed by atoms with Crippen LogP contribution in [0.4, 0.5) is 5.69 Å². The van der Waals surface area contributed by atoms with Crippen molar-refractivity contribution in [3.8, 4) is 0 Å². The average molecular weight is 344 g/mol. The highest BCUT2D eigenvalue weighted by Crippen LogP contribution is 2.65. The lowest BCUT2D eigenvalue weighted by molar-refractivity contribution is -0.124. The van der Waals surface area contributed by atoms with E-state index in [0.717, 1.165) is 4.47 Å². The van der Waals surface area contributed by atoms with Crippen molar-refractivity contribution in [1.29, 1.82) is 0 Å². The van der Waals surface area contributed by atoms with Gasteiger partial charge in [-0.2, -0.15) is 0 Å². The fraction of sp³-hybridized carbons (Fsp3) is 0.412. The second kappa shape index (κ2) is 3.86. The third-order valence-corrected chi connectivity index (χ3v) is 6.43. The molecule has 5 aliphatic rings. The van der Waals surface area contributed by atoms with E-state index in [0.29, 0.717) is 17.5 Å². The topological polar surface area (TPSA) is 37.4 Å². The second-order valence-corrected chi connectivity index (χ2v) is 7.47. The first-order valence-corrected chi connectivity index (χ1v) is 8.28. The van der Waals surface area contributed by atoms with Gasteiger partial charge in [-0.3, -0.25) is 9.59 Å². The van der Waals surface area contributed by atoms with E-state index >= 15 is 0 Å². The third-order valence-electron chi connectivity index (χ3n) is 5.76. The van der Waals surface area contributed by atoms with Crippen LogP contribution in [0.2, 0.25) is 0 Å². The number of benzene rings is 1. The number of hydrogen-bond acceptors (Lipinski definition) is 2. The van der Waals surface area contributed by atoms with Gasteiger partial charge >= 0.3 is 0 Å². The van der Waals surface area contributed by atoms with Gasteiger partial charge in [0.15, 0.2) is 0 Å². The van der Waals surface area contributed by atoms with E-state index in [9.17, 15) is 9.59 Å². The van der Waals surface area contributed by atoms with E-state index in [-0.39, 0.29) is 35.5 Å². The molecular formula is C17H14BrNO2. The Hall–Kier alpha value is -1.42. The molecule has 1 heterocycles. The van der Waals surface area contributed by atoms with Gasteiger partial charge < -0.3 is 0 Å². The van der Waals surface area contributed by atoms with Crippen LogP contribution in [-0.4, -0.2) is 11.8 Å². The van der Waals surface area contributed by atoms with Crippen LogP contribution in [0.15, 0.2) is 40.9 Å². The molecule has 0 unspecified atom stereocenters. The lowest BCUT2D eigenvalue weighted by Gasteiger charge is -2.37. The van der Waals surface area contributed by atoms with Crippen LogP contribution >= 0.6 is 15.9 Å². The first-order valence-electron chi connectivity index (χ1n) is 7.49. The van der Waals surface area contributed by atoms with Gasteiger partial charge in [-0.05, 0) is 58.2 Å². The molecular weight excluding hydrogens is 330 g/mol. The Bertz CT molecular complexity index is 676. The first kappa shape index (κ1) is 12.2. The Morgan fingerprint density at radius 2 is 1.52 bits per heavy atom. The minimum atomic E-state index is -0.122. The maximum atomic E-state index is 12.9. The number of halogens is 1. The molecule has 0 aromatic heterocycles. The summed E-state index contributed by atoms with van der Waals surface area (Å²) in [5, 5.41) is 0. The molecule has 106 valence electrons. The number of rotatable bonds is 1. The Balaban J connectivity index is 1.62. The summed E-state index contributed by atoms with van der Waals surface area (Å²) in [6, 6.07) is 7.48. The zero-order chi connectivity index (χ0) is 14.3. The van der Waals surface area contributed by atoms with Crippen molar-refractivity contribution in [2.75, 3.05) is 4.90 Å². The highest BCUT2D eigenvalue weighted by atomic mass is 79.9. The number of amides is 2. The highest BCUT2D eigenvalue weighted by molar-refractivity contribution is 9.10. The van der Waals surface area contributed by atoms with Crippen LogP contribution in [0, 0.1) is 35.5 Å². The van der Waals surface area contributed by atoms with Crippen molar-refractivity contribution < 1.29 is 9.59 Å². The van der Waals surface area contributed by atoms with Gasteiger partial charge in [0.2, 0.25) is 11.8 Å². The molecule has 1 aliphatic heterocycles. The van der Waals surface area contributed by atoms with Crippen molar-refractivity contribution in [2.45, 2.75) is 6.42 Å². The standard InChI is InChI=1S/C17H14BrNO2/c18-12-3-1-2-4-13(12)19-16(20)14-8-5-6-9(11-7-10(8)11)15(14)17(19)21/h1-6,8-11,14-15H,7H2/t8-,9+,10-,11+,14-,15+. The van der Waals surface area contributed by atoms with Crippen molar-refractivity contribution in [2.24, 2.45) is 35.5 Å². The minimum absolute atomic E-state index is 0.00148. The maximum absolute atomic E-state index is 12.9. The lowest BCUT2D eigenvalue weighted by atomic mass is 9.63. The van der Waals surface area contributed by atoms with Crippen LogP contribution < -0.4 is 4.90 Å². The summed E-state index contributed by atoms with van der Waals surface area (Å²) in [6.07, 6.45) is 5.61. The molecule has 0 spiro atoms. The molecule has 6 rings (SSSR count). The lowest BCUT2D eigenvalue weighted by Crippen LogP contribution is -2.40. The molecule has 2 saturated carbocycles. The van der Waals surface area contributed by atoms with Gasteiger partial charge in [0.1, 0.15) is 0 Å². The molecule has 2 bridgehead atoms. The molecule has 3 nitrogen and oxygen atoms in total.